The van der Waals surface area contributed by atoms with E-state index in [0.717, 1.165) is 23.2 Å². The number of aliphatic hydroxyl groups is 1. The van der Waals surface area contributed by atoms with Crippen molar-refractivity contribution in [1.82, 2.24) is 0 Å². The molecule has 6 nitrogen and oxygen atoms in total. The number of benzene rings is 1. The second-order valence-electron chi connectivity index (χ2n) is 14.2. The maximum atomic E-state index is 12.8. The molecule has 2 aliphatic rings. The summed E-state index contributed by atoms with van der Waals surface area (Å²) < 4.78 is 5.63. The first-order valence-electron chi connectivity index (χ1n) is 15.4. The monoisotopic (exact) mass is 579 g/mol. The lowest BCUT2D eigenvalue weighted by molar-refractivity contribution is -0.127. The Morgan fingerprint density at radius 3 is 1.81 bits per heavy atom. The third-order valence-corrected chi connectivity index (χ3v) is 8.05. The quantitative estimate of drug-likeness (QED) is 0.189. The maximum absolute atomic E-state index is 12.8. The fourth-order valence-electron chi connectivity index (χ4n) is 5.25. The van der Waals surface area contributed by atoms with Crippen molar-refractivity contribution in [2.75, 3.05) is 0 Å². The minimum Gasteiger partial charge on any atom is -0.511 e. The van der Waals surface area contributed by atoms with Crippen LogP contribution in [0.5, 0.6) is 0 Å². The molecule has 1 aromatic rings. The Morgan fingerprint density at radius 2 is 1.36 bits per heavy atom. The second kappa shape index (κ2) is 14.5. The summed E-state index contributed by atoms with van der Waals surface area (Å²) in [5.74, 6) is 0.595. The number of carbonyl (C=O) groups excluding carboxylic acids is 3. The molecule has 0 spiro atoms. The highest BCUT2D eigenvalue weighted by Gasteiger charge is 2.37. The van der Waals surface area contributed by atoms with Crippen LogP contribution < -0.4 is 0 Å². The average molecular weight is 580 g/mol. The van der Waals surface area contributed by atoms with Gasteiger partial charge in [0.05, 0.1) is 35.3 Å². The van der Waals surface area contributed by atoms with Crippen molar-refractivity contribution in [3.8, 4) is 0 Å². The summed E-state index contributed by atoms with van der Waals surface area (Å²) in [6.07, 6.45) is 2.99. The van der Waals surface area contributed by atoms with E-state index >= 15 is 0 Å². The summed E-state index contributed by atoms with van der Waals surface area (Å²) in [6.45, 7) is 22.6. The van der Waals surface area contributed by atoms with Gasteiger partial charge in [-0.05, 0) is 67.6 Å². The molecule has 0 heterocycles. The molecule has 42 heavy (non-hydrogen) atoms. The first-order chi connectivity index (χ1) is 19.4. The Hall–Kier alpha value is -2.86. The van der Waals surface area contributed by atoms with E-state index in [1.165, 1.54) is 0 Å². The van der Waals surface area contributed by atoms with Gasteiger partial charge in [-0.25, -0.2) is 0 Å². The summed E-state index contributed by atoms with van der Waals surface area (Å²) in [7, 11) is 0. The van der Waals surface area contributed by atoms with E-state index in [9.17, 15) is 19.5 Å². The largest absolute Gasteiger partial charge is 0.511 e. The van der Waals surface area contributed by atoms with E-state index in [-0.39, 0.29) is 51.9 Å². The molecule has 1 atom stereocenters. The Labute approximate surface area is 253 Å². The Balaban J connectivity index is 0.000000347. The standard InChI is InChI=1S/C23H33NO3.C13H20O2/c1-7-16(4)22(21-19(25)12-23(5,6)13-20(21)26)24-18-10-8-17(9-11-18)14-27-15(2)3;1-8(2)9(3)12-10(14)6-13(4,5)7-11(12)15/h8-11,15-16,25H,7,12-14H2,1-6H3;8H,6-7H2,1-5H3. The number of allylic oxidation sites excluding steroid dienone is 4. The van der Waals surface area contributed by atoms with Crippen molar-refractivity contribution in [3.63, 3.8) is 0 Å². The predicted octanol–water partition coefficient (Wildman–Crippen LogP) is 8.85. The molecule has 0 amide bonds. The fourth-order valence-corrected chi connectivity index (χ4v) is 5.25. The minimum absolute atomic E-state index is 0.00949. The first-order valence-corrected chi connectivity index (χ1v) is 15.4. The van der Waals surface area contributed by atoms with Crippen LogP contribution in [0.1, 0.15) is 114 Å². The molecule has 0 aromatic heterocycles. The number of hydrogen-bond acceptors (Lipinski definition) is 6. The van der Waals surface area contributed by atoms with Crippen molar-refractivity contribution in [2.24, 2.45) is 27.7 Å². The summed E-state index contributed by atoms with van der Waals surface area (Å²) in [5, 5.41) is 10.6. The van der Waals surface area contributed by atoms with Gasteiger partial charge < -0.3 is 9.84 Å². The van der Waals surface area contributed by atoms with Crippen molar-refractivity contribution in [1.29, 1.82) is 0 Å². The lowest BCUT2D eigenvalue weighted by Crippen LogP contribution is -2.32. The molecule has 0 saturated heterocycles. The van der Waals surface area contributed by atoms with Crippen LogP contribution in [0.25, 0.3) is 0 Å². The number of ether oxygens (including phenoxy) is 1. The molecule has 0 radical (unpaired) electrons. The fraction of sp³-hybridized carbons (Fsp3) is 0.611. The van der Waals surface area contributed by atoms with Crippen molar-refractivity contribution in [3.05, 3.63) is 52.3 Å². The van der Waals surface area contributed by atoms with Crippen molar-refractivity contribution >= 4 is 28.7 Å². The zero-order valence-corrected chi connectivity index (χ0v) is 27.8. The number of ketones is 3. The zero-order chi connectivity index (χ0) is 32.0. The van der Waals surface area contributed by atoms with E-state index in [4.69, 9.17) is 9.73 Å². The van der Waals surface area contributed by atoms with Gasteiger partial charge in [0.2, 0.25) is 0 Å². The van der Waals surface area contributed by atoms with Crippen molar-refractivity contribution in [2.45, 2.75) is 121 Å². The van der Waals surface area contributed by atoms with E-state index < -0.39 is 0 Å². The van der Waals surface area contributed by atoms with Crippen LogP contribution in [0.2, 0.25) is 0 Å². The molecule has 0 bridgehead atoms. The predicted molar refractivity (Wildman–Crippen MR) is 171 cm³/mol. The molecule has 1 N–H and O–H groups in total. The molecule has 0 aliphatic heterocycles. The highest BCUT2D eigenvalue weighted by Crippen LogP contribution is 2.38. The zero-order valence-electron chi connectivity index (χ0n) is 27.8. The van der Waals surface area contributed by atoms with E-state index in [1.807, 2.05) is 86.6 Å². The van der Waals surface area contributed by atoms with Crippen LogP contribution in [-0.2, 0) is 25.7 Å². The van der Waals surface area contributed by atoms with Gasteiger partial charge in [-0.1, -0.05) is 73.1 Å². The number of Topliss-reactive ketones (excluding diaryl/α,β-unsaturated/α-hetero) is 3. The van der Waals surface area contributed by atoms with Gasteiger partial charge in [-0.2, -0.15) is 0 Å². The third-order valence-electron chi connectivity index (χ3n) is 8.05. The van der Waals surface area contributed by atoms with Gasteiger partial charge in [-0.15, -0.1) is 0 Å². The third kappa shape index (κ3) is 9.86. The summed E-state index contributed by atoms with van der Waals surface area (Å²) in [4.78, 5) is 41.3. The van der Waals surface area contributed by atoms with E-state index in [0.29, 0.717) is 49.1 Å². The van der Waals surface area contributed by atoms with Crippen molar-refractivity contribution < 1.29 is 24.2 Å². The molecule has 1 saturated carbocycles. The molecule has 1 unspecified atom stereocenters. The number of nitrogens with zero attached hydrogens (tertiary/aromatic N) is 1. The molecule has 2 aliphatic carbocycles. The van der Waals surface area contributed by atoms with Gasteiger partial charge >= 0.3 is 0 Å². The highest BCUT2D eigenvalue weighted by atomic mass is 16.5. The van der Waals surface area contributed by atoms with Crippen LogP contribution in [-0.4, -0.2) is 34.3 Å². The summed E-state index contributed by atoms with van der Waals surface area (Å²) >= 11 is 0. The molecule has 3 rings (SSSR count). The van der Waals surface area contributed by atoms with E-state index in [2.05, 4.69) is 13.8 Å². The van der Waals surface area contributed by atoms with Gasteiger partial charge in [-0.3, -0.25) is 19.4 Å². The lowest BCUT2D eigenvalue weighted by Gasteiger charge is -2.31. The second-order valence-corrected chi connectivity index (χ2v) is 14.2. The molecule has 1 fully saturated rings. The number of carbonyl (C=O) groups is 3. The van der Waals surface area contributed by atoms with Crippen LogP contribution >= 0.6 is 0 Å². The van der Waals surface area contributed by atoms with Crippen LogP contribution in [0.4, 0.5) is 5.69 Å². The Morgan fingerprint density at radius 1 is 0.857 bits per heavy atom. The maximum Gasteiger partial charge on any atom is 0.168 e. The van der Waals surface area contributed by atoms with Crippen LogP contribution in [0.3, 0.4) is 0 Å². The molecule has 232 valence electrons. The normalized spacial score (nSPS) is 19.7. The summed E-state index contributed by atoms with van der Waals surface area (Å²) in [5.41, 5.74) is 4.06. The topological polar surface area (TPSA) is 93.0 Å². The highest BCUT2D eigenvalue weighted by molar-refractivity contribution is 6.24. The van der Waals surface area contributed by atoms with Crippen LogP contribution in [0.15, 0.2) is 51.7 Å². The number of rotatable bonds is 8. The van der Waals surface area contributed by atoms with Gasteiger partial charge in [0.15, 0.2) is 17.3 Å². The summed E-state index contributed by atoms with van der Waals surface area (Å²) in [6, 6.07) is 7.87. The van der Waals surface area contributed by atoms with Gasteiger partial charge in [0.1, 0.15) is 5.76 Å². The molecular formula is C36H53NO5. The van der Waals surface area contributed by atoms with Gasteiger partial charge in [0, 0.05) is 25.7 Å². The number of hydrogen-bond donors (Lipinski definition) is 1. The Bertz CT molecular complexity index is 1220. The van der Waals surface area contributed by atoms with Crippen LogP contribution in [0, 0.1) is 22.7 Å². The number of aliphatic imine (C=N–C) groups is 1. The minimum atomic E-state index is -0.205. The molecule has 1 aromatic carbocycles. The van der Waals surface area contributed by atoms with E-state index in [1.54, 1.807) is 0 Å². The molecular weight excluding hydrogens is 526 g/mol. The molecule has 6 heteroatoms. The lowest BCUT2D eigenvalue weighted by atomic mass is 9.72. The first kappa shape index (κ1) is 35.3. The average Bonchev–Trinajstić information content (AvgIpc) is 2.85. The Kier molecular flexibility index (Phi) is 12.2. The SMILES string of the molecule is CC(=C1C(=O)CC(C)(C)CC1=O)C(C)C.CCC(C)C(=Nc1ccc(COC(C)C)cc1)C1=C(O)CC(C)(C)CC1=O. The smallest absolute Gasteiger partial charge is 0.168 e. The number of aliphatic hydroxyl groups excluding tert-OH is 1. The van der Waals surface area contributed by atoms with Gasteiger partial charge in [0.25, 0.3) is 0 Å².